The zero-order chi connectivity index (χ0) is 29.0. The molecular weight excluding hydrogens is 538 g/mol. The molecule has 0 fully saturated rings. The fraction of sp³-hybridized carbons (Fsp3) is 0.150. The normalized spacial score (nSPS) is 21.0. The zero-order valence-corrected chi connectivity index (χ0v) is 24.3. The Morgan fingerprint density at radius 2 is 1.57 bits per heavy atom. The molecule has 0 radical (unpaired) electrons. The van der Waals surface area contributed by atoms with Crippen LogP contribution in [0.2, 0.25) is 0 Å². The molecule has 4 heterocycles. The van der Waals surface area contributed by atoms with E-state index in [1.165, 1.54) is 39.1 Å². The lowest BCUT2D eigenvalue weighted by Gasteiger charge is -2.30. The molecule has 0 spiro atoms. The van der Waals surface area contributed by atoms with Crippen molar-refractivity contribution in [3.8, 4) is 28.1 Å². The Balaban J connectivity index is 1.04. The van der Waals surface area contributed by atoms with Gasteiger partial charge in [-0.05, 0) is 89.2 Å². The van der Waals surface area contributed by atoms with E-state index in [0.717, 1.165) is 47.7 Å². The van der Waals surface area contributed by atoms with Crippen molar-refractivity contribution < 1.29 is 4.74 Å². The van der Waals surface area contributed by atoms with Crippen molar-refractivity contribution in [1.29, 1.82) is 0 Å². The molecule has 3 unspecified atom stereocenters. The largest absolute Gasteiger partial charge is 0.485 e. The van der Waals surface area contributed by atoms with E-state index in [0.29, 0.717) is 12.0 Å². The second kappa shape index (κ2) is 10.2. The Hall–Kier alpha value is -5.22. The minimum absolute atomic E-state index is 0.124. The van der Waals surface area contributed by atoms with Crippen LogP contribution in [0.25, 0.3) is 33.5 Å². The molecule has 0 saturated heterocycles. The second-order valence-electron chi connectivity index (χ2n) is 12.1. The summed E-state index contributed by atoms with van der Waals surface area (Å²) in [4.78, 5) is 12.2. The van der Waals surface area contributed by atoms with Gasteiger partial charge < -0.3 is 9.64 Å². The lowest BCUT2D eigenvalue weighted by Crippen LogP contribution is -2.31. The molecule has 44 heavy (non-hydrogen) atoms. The molecule has 0 saturated carbocycles. The quantitative estimate of drug-likeness (QED) is 0.202. The summed E-state index contributed by atoms with van der Waals surface area (Å²) < 4.78 is 6.23. The molecule has 5 aromatic rings. The fourth-order valence-electron chi connectivity index (χ4n) is 7.43. The van der Waals surface area contributed by atoms with Gasteiger partial charge in [0.2, 0.25) is 0 Å². The minimum Gasteiger partial charge on any atom is -0.485 e. The topological polar surface area (TPSA) is 38.2 Å². The van der Waals surface area contributed by atoms with Crippen molar-refractivity contribution in [3.63, 3.8) is 0 Å². The lowest BCUT2D eigenvalue weighted by atomic mass is 9.84. The molecule has 2 aromatic heterocycles. The Morgan fingerprint density at radius 3 is 2.48 bits per heavy atom. The van der Waals surface area contributed by atoms with E-state index in [4.69, 9.17) is 9.72 Å². The van der Waals surface area contributed by atoms with Gasteiger partial charge in [0.05, 0.1) is 5.69 Å². The first-order valence-electron chi connectivity index (χ1n) is 15.5. The highest BCUT2D eigenvalue weighted by Gasteiger charge is 2.40. The summed E-state index contributed by atoms with van der Waals surface area (Å²) in [5.41, 5.74) is 12.1. The van der Waals surface area contributed by atoms with Crippen molar-refractivity contribution in [2.24, 2.45) is 0 Å². The number of hydrogen-bond acceptors (Lipinski definition) is 4. The van der Waals surface area contributed by atoms with Crippen LogP contribution < -0.4 is 9.64 Å². The SMILES string of the molecule is C1=CCC2C(C1)c1cc(C3=CCC4Oc5ccccc5C4=C3)ccc1N2c1ccc(-c2cc(-c3ccccc3)ccn2)cn1. The third-order valence-electron chi connectivity index (χ3n) is 9.58. The van der Waals surface area contributed by atoms with Gasteiger partial charge in [-0.3, -0.25) is 4.98 Å². The number of fused-ring (bicyclic) bond motifs is 6. The van der Waals surface area contributed by atoms with E-state index in [9.17, 15) is 0 Å². The van der Waals surface area contributed by atoms with Crippen LogP contribution >= 0.6 is 0 Å². The maximum absolute atomic E-state index is 6.23. The van der Waals surface area contributed by atoms with E-state index in [1.807, 2.05) is 18.5 Å². The Kier molecular flexibility index (Phi) is 5.86. The highest BCUT2D eigenvalue weighted by atomic mass is 16.5. The van der Waals surface area contributed by atoms with Crippen molar-refractivity contribution in [2.75, 3.05) is 4.90 Å². The first-order chi connectivity index (χ1) is 21.8. The number of allylic oxidation sites excluding steroid dienone is 3. The first kappa shape index (κ1) is 25.3. The van der Waals surface area contributed by atoms with E-state index >= 15 is 0 Å². The van der Waals surface area contributed by atoms with Crippen LogP contribution in [0.3, 0.4) is 0 Å². The fourth-order valence-corrected chi connectivity index (χ4v) is 7.43. The molecule has 2 aliphatic carbocycles. The van der Waals surface area contributed by atoms with E-state index < -0.39 is 0 Å². The maximum Gasteiger partial charge on any atom is 0.133 e. The number of para-hydroxylation sites is 1. The third kappa shape index (κ3) is 4.13. The second-order valence-corrected chi connectivity index (χ2v) is 12.1. The molecule has 3 aromatic carbocycles. The summed E-state index contributed by atoms with van der Waals surface area (Å²) in [5.74, 6) is 2.44. The number of benzene rings is 3. The third-order valence-corrected chi connectivity index (χ3v) is 9.58. The standard InChI is InChI=1S/C40H31N3O/c1-2-8-26(9-3-1)29-20-21-41-35(24-29)30-16-19-40(42-25-30)43-36-12-6-4-10-31(36)33-22-27(14-17-37(33)43)28-15-18-39-34(23-28)32-11-5-7-13-38(32)44-39/h1-9,11,13-17,19-25,31,36,39H,10,12,18H2. The summed E-state index contributed by atoms with van der Waals surface area (Å²) in [6.45, 7) is 0. The number of hydrogen-bond donors (Lipinski definition) is 0. The van der Waals surface area contributed by atoms with Gasteiger partial charge in [0.15, 0.2) is 0 Å². The van der Waals surface area contributed by atoms with Crippen LogP contribution in [0.4, 0.5) is 11.5 Å². The van der Waals surface area contributed by atoms with Crippen LogP contribution in [0, 0.1) is 0 Å². The van der Waals surface area contributed by atoms with Crippen molar-refractivity contribution in [1.82, 2.24) is 9.97 Å². The molecule has 4 nitrogen and oxygen atoms in total. The highest BCUT2D eigenvalue weighted by molar-refractivity contribution is 5.91. The molecule has 2 aliphatic heterocycles. The predicted molar refractivity (Wildman–Crippen MR) is 178 cm³/mol. The van der Waals surface area contributed by atoms with Crippen molar-refractivity contribution >= 4 is 22.7 Å². The molecule has 4 aliphatic rings. The zero-order valence-electron chi connectivity index (χ0n) is 24.3. The van der Waals surface area contributed by atoms with Crippen LogP contribution in [0.1, 0.15) is 41.9 Å². The van der Waals surface area contributed by atoms with Crippen molar-refractivity contribution in [3.05, 3.63) is 150 Å². The molecular formula is C40H31N3O. The molecule has 4 heteroatoms. The van der Waals surface area contributed by atoms with Gasteiger partial charge in [-0.2, -0.15) is 0 Å². The Labute approximate surface area is 257 Å². The molecule has 0 N–H and O–H groups in total. The van der Waals surface area contributed by atoms with Gasteiger partial charge in [-0.1, -0.05) is 72.8 Å². The molecule has 212 valence electrons. The summed E-state index contributed by atoms with van der Waals surface area (Å²) in [7, 11) is 0. The van der Waals surface area contributed by atoms with Gasteiger partial charge in [-0.25, -0.2) is 4.98 Å². The number of rotatable bonds is 4. The number of aromatic nitrogens is 2. The number of anilines is 2. The smallest absolute Gasteiger partial charge is 0.133 e. The van der Waals surface area contributed by atoms with Crippen LogP contribution in [-0.4, -0.2) is 22.1 Å². The van der Waals surface area contributed by atoms with Gasteiger partial charge in [0.25, 0.3) is 0 Å². The van der Waals surface area contributed by atoms with E-state index in [1.54, 1.807) is 0 Å². The number of nitrogens with zero attached hydrogens (tertiary/aromatic N) is 3. The monoisotopic (exact) mass is 569 g/mol. The molecule has 3 atom stereocenters. The predicted octanol–water partition coefficient (Wildman–Crippen LogP) is 9.40. The minimum atomic E-state index is 0.124. The summed E-state index contributed by atoms with van der Waals surface area (Å²) in [6.07, 6.45) is 16.3. The van der Waals surface area contributed by atoms with Crippen LogP contribution in [0.5, 0.6) is 5.75 Å². The average Bonchev–Trinajstić information content (AvgIpc) is 3.64. The molecule has 0 amide bonds. The van der Waals surface area contributed by atoms with Gasteiger partial charge >= 0.3 is 0 Å². The molecule has 0 bridgehead atoms. The van der Waals surface area contributed by atoms with Gasteiger partial charge in [0.1, 0.15) is 17.7 Å². The van der Waals surface area contributed by atoms with Gasteiger partial charge in [-0.15, -0.1) is 0 Å². The lowest BCUT2D eigenvalue weighted by molar-refractivity contribution is 0.279. The number of pyridine rings is 2. The average molecular weight is 570 g/mol. The maximum atomic E-state index is 6.23. The summed E-state index contributed by atoms with van der Waals surface area (Å²) in [5, 5.41) is 0. The molecule has 9 rings (SSSR count). The summed E-state index contributed by atoms with van der Waals surface area (Å²) >= 11 is 0. The van der Waals surface area contributed by atoms with E-state index in [2.05, 4.69) is 125 Å². The number of ether oxygens (including phenoxy) is 1. The van der Waals surface area contributed by atoms with Crippen LogP contribution in [0.15, 0.2) is 134 Å². The first-order valence-corrected chi connectivity index (χ1v) is 15.5. The Bertz CT molecular complexity index is 1990. The van der Waals surface area contributed by atoms with Crippen LogP contribution in [-0.2, 0) is 0 Å². The summed E-state index contributed by atoms with van der Waals surface area (Å²) in [6, 6.07) is 34.8. The van der Waals surface area contributed by atoms with E-state index in [-0.39, 0.29) is 6.10 Å². The highest BCUT2D eigenvalue weighted by Crippen LogP contribution is 2.50. The van der Waals surface area contributed by atoms with Gasteiger partial charge in [0, 0.05) is 53.2 Å². The Morgan fingerprint density at radius 1 is 0.705 bits per heavy atom. The van der Waals surface area contributed by atoms with Crippen molar-refractivity contribution in [2.45, 2.75) is 37.3 Å².